The molecule has 19 heavy (non-hydrogen) atoms. The number of hydrogen-bond donors (Lipinski definition) is 1. The van der Waals surface area contributed by atoms with Crippen molar-refractivity contribution in [2.75, 3.05) is 0 Å². The Hall–Kier alpha value is -1.92. The van der Waals surface area contributed by atoms with Gasteiger partial charge in [0.1, 0.15) is 6.20 Å². The van der Waals surface area contributed by atoms with Crippen LogP contribution < -0.4 is 5.32 Å². The van der Waals surface area contributed by atoms with E-state index in [9.17, 15) is 14.9 Å². The minimum absolute atomic E-state index is 0.0860. The highest BCUT2D eigenvalue weighted by atomic mass is 16.6. The van der Waals surface area contributed by atoms with E-state index in [1.165, 1.54) is 17.3 Å². The number of carbonyl (C=O) groups excluding carboxylic acids is 1. The summed E-state index contributed by atoms with van der Waals surface area (Å²) < 4.78 is 1.29. The molecule has 1 heterocycles. The maximum Gasteiger partial charge on any atom is 0.320 e. The molecule has 104 valence electrons. The van der Waals surface area contributed by atoms with Crippen LogP contribution in [0, 0.1) is 16.0 Å². The lowest BCUT2D eigenvalue weighted by Gasteiger charge is -2.29. The average Bonchev–Trinajstić information content (AvgIpc) is 2.74. The Kier molecular flexibility index (Phi) is 3.82. The van der Waals surface area contributed by atoms with Crippen molar-refractivity contribution in [1.82, 2.24) is 15.1 Å². The highest BCUT2D eigenvalue weighted by Gasteiger charge is 2.29. The first-order valence-corrected chi connectivity index (χ1v) is 6.48. The molecule has 2 rings (SSSR count). The fourth-order valence-corrected chi connectivity index (χ4v) is 2.54. The van der Waals surface area contributed by atoms with Crippen molar-refractivity contribution in [3.05, 3.63) is 22.0 Å². The van der Waals surface area contributed by atoms with Crippen molar-refractivity contribution < 1.29 is 9.72 Å². The van der Waals surface area contributed by atoms with E-state index in [1.54, 1.807) is 7.05 Å². The first-order chi connectivity index (χ1) is 8.99. The molecule has 1 N–H and O–H groups in total. The summed E-state index contributed by atoms with van der Waals surface area (Å²) >= 11 is 0. The molecule has 0 bridgehead atoms. The van der Waals surface area contributed by atoms with E-state index in [2.05, 4.69) is 17.3 Å². The summed E-state index contributed by atoms with van der Waals surface area (Å²) in [6.07, 6.45) is 5.51. The van der Waals surface area contributed by atoms with Gasteiger partial charge in [0.25, 0.3) is 5.91 Å². The predicted octanol–water partition coefficient (Wildman–Crippen LogP) is 1.64. The van der Waals surface area contributed by atoms with E-state index in [0.29, 0.717) is 5.92 Å². The molecule has 1 aliphatic carbocycles. The largest absolute Gasteiger partial charge is 0.347 e. The standard InChI is InChI=1S/C12H18N4O3/c1-8-5-3-4-6-9(8)13-12(17)11-10(16(18)19)7-15(2)14-11/h7-9H,3-6H2,1-2H3,(H,13,17)/t8-,9+/m0/s1. The second-order valence-corrected chi connectivity index (χ2v) is 5.14. The fourth-order valence-electron chi connectivity index (χ4n) is 2.54. The van der Waals surface area contributed by atoms with Crippen molar-refractivity contribution in [1.29, 1.82) is 0 Å². The van der Waals surface area contributed by atoms with Crippen LogP contribution in [0.2, 0.25) is 0 Å². The van der Waals surface area contributed by atoms with Gasteiger partial charge in [0, 0.05) is 13.1 Å². The van der Waals surface area contributed by atoms with E-state index in [1.807, 2.05) is 0 Å². The van der Waals surface area contributed by atoms with Crippen LogP contribution >= 0.6 is 0 Å². The Bertz CT molecular complexity index is 497. The first kappa shape index (κ1) is 13.5. The number of hydrogen-bond acceptors (Lipinski definition) is 4. The molecule has 2 atom stereocenters. The fraction of sp³-hybridized carbons (Fsp3) is 0.667. The molecule has 1 fully saturated rings. The Balaban J connectivity index is 2.13. The summed E-state index contributed by atoms with van der Waals surface area (Å²) in [5, 5.41) is 17.6. The second kappa shape index (κ2) is 5.38. The third kappa shape index (κ3) is 2.91. The number of nitro groups is 1. The minimum Gasteiger partial charge on any atom is -0.347 e. The third-order valence-corrected chi connectivity index (χ3v) is 3.65. The van der Waals surface area contributed by atoms with Gasteiger partial charge < -0.3 is 5.32 Å². The number of nitrogens with zero attached hydrogens (tertiary/aromatic N) is 3. The smallest absolute Gasteiger partial charge is 0.320 e. The zero-order chi connectivity index (χ0) is 14.0. The number of carbonyl (C=O) groups is 1. The average molecular weight is 266 g/mol. The topological polar surface area (TPSA) is 90.1 Å². The van der Waals surface area contributed by atoms with Gasteiger partial charge in [-0.25, -0.2) is 0 Å². The summed E-state index contributed by atoms with van der Waals surface area (Å²) in [7, 11) is 1.56. The van der Waals surface area contributed by atoms with E-state index in [0.717, 1.165) is 19.3 Å². The zero-order valence-electron chi connectivity index (χ0n) is 11.1. The van der Waals surface area contributed by atoms with Crippen molar-refractivity contribution in [3.63, 3.8) is 0 Å². The van der Waals surface area contributed by atoms with Crippen molar-refractivity contribution >= 4 is 11.6 Å². The lowest BCUT2D eigenvalue weighted by Crippen LogP contribution is -2.41. The Labute approximate surface area is 111 Å². The highest BCUT2D eigenvalue weighted by Crippen LogP contribution is 2.24. The molecule has 1 aliphatic rings. The number of amides is 1. The van der Waals surface area contributed by atoms with Crippen LogP contribution in [0.3, 0.4) is 0 Å². The molecule has 7 heteroatoms. The molecule has 1 aromatic rings. The van der Waals surface area contributed by atoms with Gasteiger partial charge in [-0.3, -0.25) is 19.6 Å². The SMILES string of the molecule is C[C@H]1CCCC[C@H]1NC(=O)c1nn(C)cc1[N+](=O)[O-]. The van der Waals surface area contributed by atoms with Crippen LogP contribution in [0.25, 0.3) is 0 Å². The molecular formula is C12H18N4O3. The number of aromatic nitrogens is 2. The molecule has 1 saturated carbocycles. The zero-order valence-corrected chi connectivity index (χ0v) is 11.1. The van der Waals surface area contributed by atoms with Gasteiger partial charge in [0.15, 0.2) is 0 Å². The maximum absolute atomic E-state index is 12.1. The summed E-state index contributed by atoms with van der Waals surface area (Å²) in [6, 6.07) is 0.0860. The van der Waals surface area contributed by atoms with Crippen LogP contribution in [0.15, 0.2) is 6.20 Å². The number of rotatable bonds is 3. The van der Waals surface area contributed by atoms with Crippen molar-refractivity contribution in [2.24, 2.45) is 13.0 Å². The molecule has 0 aliphatic heterocycles. The molecule has 0 saturated heterocycles. The lowest BCUT2D eigenvalue weighted by atomic mass is 9.86. The summed E-state index contributed by atoms with van der Waals surface area (Å²) in [6.45, 7) is 2.09. The number of nitrogens with one attached hydrogen (secondary N) is 1. The van der Waals surface area contributed by atoms with Gasteiger partial charge in [-0.1, -0.05) is 19.8 Å². The van der Waals surface area contributed by atoms with E-state index in [4.69, 9.17) is 0 Å². The van der Waals surface area contributed by atoms with Crippen LogP contribution in [0.4, 0.5) is 5.69 Å². The van der Waals surface area contributed by atoms with E-state index < -0.39 is 10.8 Å². The predicted molar refractivity (Wildman–Crippen MR) is 68.7 cm³/mol. The van der Waals surface area contributed by atoms with E-state index >= 15 is 0 Å². The third-order valence-electron chi connectivity index (χ3n) is 3.65. The van der Waals surface area contributed by atoms with Crippen LogP contribution in [0.1, 0.15) is 43.1 Å². The first-order valence-electron chi connectivity index (χ1n) is 6.48. The van der Waals surface area contributed by atoms with Crippen LogP contribution in [-0.4, -0.2) is 26.7 Å². The molecule has 0 aromatic carbocycles. The van der Waals surface area contributed by atoms with Gasteiger partial charge in [-0.15, -0.1) is 0 Å². The maximum atomic E-state index is 12.1. The lowest BCUT2D eigenvalue weighted by molar-refractivity contribution is -0.385. The van der Waals surface area contributed by atoms with Gasteiger partial charge in [-0.05, 0) is 18.8 Å². The van der Waals surface area contributed by atoms with Gasteiger partial charge >= 0.3 is 5.69 Å². The Morgan fingerprint density at radius 3 is 2.84 bits per heavy atom. The Morgan fingerprint density at radius 2 is 2.21 bits per heavy atom. The second-order valence-electron chi connectivity index (χ2n) is 5.14. The highest BCUT2D eigenvalue weighted by molar-refractivity contribution is 5.96. The number of aryl methyl sites for hydroxylation is 1. The minimum atomic E-state index is -0.577. The molecule has 1 amide bonds. The molecule has 7 nitrogen and oxygen atoms in total. The van der Waals surface area contributed by atoms with Gasteiger partial charge in [0.05, 0.1) is 4.92 Å². The quantitative estimate of drug-likeness (QED) is 0.665. The molecule has 0 unspecified atom stereocenters. The summed E-state index contributed by atoms with van der Waals surface area (Å²) in [5.74, 6) is -0.0495. The van der Waals surface area contributed by atoms with Gasteiger partial charge in [-0.2, -0.15) is 5.10 Å². The van der Waals surface area contributed by atoms with Crippen LogP contribution in [0.5, 0.6) is 0 Å². The normalized spacial score (nSPS) is 23.1. The monoisotopic (exact) mass is 266 g/mol. The summed E-state index contributed by atoms with van der Waals surface area (Å²) in [4.78, 5) is 22.4. The summed E-state index contributed by atoms with van der Waals surface area (Å²) in [5.41, 5.74) is -0.353. The van der Waals surface area contributed by atoms with Crippen molar-refractivity contribution in [2.45, 2.75) is 38.6 Å². The van der Waals surface area contributed by atoms with E-state index in [-0.39, 0.29) is 17.4 Å². The molecule has 1 aromatic heterocycles. The molecule has 0 radical (unpaired) electrons. The Morgan fingerprint density at radius 1 is 1.53 bits per heavy atom. The van der Waals surface area contributed by atoms with Crippen molar-refractivity contribution in [3.8, 4) is 0 Å². The van der Waals surface area contributed by atoms with Crippen LogP contribution in [-0.2, 0) is 7.05 Å². The molecule has 0 spiro atoms. The van der Waals surface area contributed by atoms with Gasteiger partial charge in [0.2, 0.25) is 5.69 Å². The molecular weight excluding hydrogens is 248 g/mol.